The van der Waals surface area contributed by atoms with Crippen LogP contribution in [0, 0.1) is 0 Å². The first-order chi connectivity index (χ1) is 30.1. The molecule has 0 saturated carbocycles. The van der Waals surface area contributed by atoms with Crippen LogP contribution in [0.25, 0.3) is 22.4 Å². The van der Waals surface area contributed by atoms with Crippen LogP contribution in [-0.2, 0) is 29.5 Å². The molecule has 0 radical (unpaired) electrons. The lowest BCUT2D eigenvalue weighted by atomic mass is 10.0. The van der Waals surface area contributed by atoms with Crippen LogP contribution in [0.4, 0.5) is 0 Å². The molecule has 0 saturated heterocycles. The number of aromatic nitrogens is 2. The normalized spacial score (nSPS) is 11.5. The number of hydrogen-bond donors (Lipinski definition) is 4. The smallest absolute Gasteiger partial charge is 0.251 e. The molecule has 0 bridgehead atoms. The molecule has 0 aliphatic heterocycles. The molecule has 1 aromatic heterocycles. The first-order valence-electron chi connectivity index (χ1n) is 20.3. The average molecular weight is 991 g/mol. The number of benzene rings is 5. The Labute approximate surface area is 400 Å². The van der Waals surface area contributed by atoms with Gasteiger partial charge in [-0.25, -0.2) is 4.98 Å². The molecule has 2 unspecified atom stereocenters. The van der Waals surface area contributed by atoms with Gasteiger partial charge in [0, 0.05) is 55.1 Å². The Kier molecular flexibility index (Phi) is 20.5. The Morgan fingerprint density at radius 1 is 0.646 bits per heavy atom. The van der Waals surface area contributed by atoms with Crippen molar-refractivity contribution in [2.75, 3.05) is 14.1 Å². The van der Waals surface area contributed by atoms with Crippen LogP contribution in [0.2, 0.25) is 10.0 Å². The monoisotopic (exact) mass is 988 g/mol. The van der Waals surface area contributed by atoms with E-state index in [0.29, 0.717) is 45.5 Å². The molecule has 1 heterocycles. The van der Waals surface area contributed by atoms with Gasteiger partial charge in [0.1, 0.15) is 29.4 Å². The van der Waals surface area contributed by atoms with Crippen LogP contribution in [-0.4, -0.2) is 71.6 Å². The van der Waals surface area contributed by atoms with Gasteiger partial charge in [-0.15, -0.1) is 0 Å². The third-order valence-electron chi connectivity index (χ3n) is 9.64. The standard InChI is InChI=1S/C28H29ClN4O3.C20H22BrClN2O3.2CH4/c1-17(2)36-25-14-13-20(16-21(25)29)27(34)32-23(28(35)30-3)15-18-9-11-19(12-10-18)26-31-22-7-5-6-8-24(22)33(26)4;1-12(2)27-18-9-6-14(11-16(18)22)19(25)24-17(20(26)23-3)10-13-4-7-15(21)8-5-13;;/h5-14,16-17,23H,15H2,1-4H3,(H,30,35)(H,32,34);4-9,11-12,17H,10H2,1-3H3,(H,23,26)(H,24,25);2*1H4. The fourth-order valence-electron chi connectivity index (χ4n) is 6.52. The van der Waals surface area contributed by atoms with Gasteiger partial charge < -0.3 is 35.3 Å². The van der Waals surface area contributed by atoms with E-state index in [1.54, 1.807) is 37.4 Å². The van der Waals surface area contributed by atoms with Crippen LogP contribution in [0.3, 0.4) is 0 Å². The van der Waals surface area contributed by atoms with Crippen molar-refractivity contribution in [3.8, 4) is 22.9 Å². The number of carbonyl (C=O) groups excluding carboxylic acids is 4. The number of ether oxygens (including phenoxy) is 2. The molecule has 12 nitrogen and oxygen atoms in total. The average Bonchev–Trinajstić information content (AvgIpc) is 3.60. The van der Waals surface area contributed by atoms with E-state index in [1.165, 1.54) is 13.1 Å². The minimum atomic E-state index is -0.755. The van der Waals surface area contributed by atoms with Crippen molar-refractivity contribution >= 4 is 73.8 Å². The van der Waals surface area contributed by atoms with Crippen molar-refractivity contribution in [3.05, 3.63) is 146 Å². The van der Waals surface area contributed by atoms with Crippen molar-refractivity contribution in [2.24, 2.45) is 7.05 Å². The number of imidazole rings is 1. The largest absolute Gasteiger partial charge is 0.489 e. The number of rotatable bonds is 15. The molecule has 6 rings (SSSR count). The molecular formula is C50H59BrCl2N6O6. The summed E-state index contributed by atoms with van der Waals surface area (Å²) in [6, 6.07) is 31.6. The molecule has 5 aromatic carbocycles. The lowest BCUT2D eigenvalue weighted by Crippen LogP contribution is -2.47. The van der Waals surface area contributed by atoms with Gasteiger partial charge in [0.25, 0.3) is 11.8 Å². The number of fused-ring (bicyclic) bond motifs is 1. The Morgan fingerprint density at radius 3 is 1.48 bits per heavy atom. The minimum Gasteiger partial charge on any atom is -0.489 e. The number of aryl methyl sites for hydroxylation is 1. The van der Waals surface area contributed by atoms with E-state index in [0.717, 1.165) is 38.0 Å². The van der Waals surface area contributed by atoms with Gasteiger partial charge in [0.2, 0.25) is 11.8 Å². The molecule has 4 amide bonds. The Morgan fingerprint density at radius 2 is 1.08 bits per heavy atom. The number of likely N-dealkylation sites (N-methyl/N-ethyl adjacent to an activating group) is 2. The van der Waals surface area contributed by atoms with Gasteiger partial charge in [-0.3, -0.25) is 19.2 Å². The van der Waals surface area contributed by atoms with Crippen molar-refractivity contribution < 1.29 is 28.7 Å². The summed E-state index contributed by atoms with van der Waals surface area (Å²) in [6.45, 7) is 7.59. The van der Waals surface area contributed by atoms with Crippen LogP contribution in [0.1, 0.15) is 74.4 Å². The zero-order valence-electron chi connectivity index (χ0n) is 36.1. The van der Waals surface area contributed by atoms with Crippen molar-refractivity contribution in [1.29, 1.82) is 0 Å². The zero-order valence-corrected chi connectivity index (χ0v) is 39.2. The van der Waals surface area contributed by atoms with E-state index >= 15 is 0 Å². The van der Waals surface area contributed by atoms with E-state index in [1.807, 2.05) is 108 Å². The Hall–Kier alpha value is -5.89. The molecule has 0 aliphatic carbocycles. The second-order valence-electron chi connectivity index (χ2n) is 15.1. The number of hydrogen-bond acceptors (Lipinski definition) is 7. The summed E-state index contributed by atoms with van der Waals surface area (Å²) in [5, 5.41) is 11.5. The summed E-state index contributed by atoms with van der Waals surface area (Å²) in [6.07, 6.45) is 0.644. The second kappa shape index (κ2) is 25.0. The van der Waals surface area contributed by atoms with Gasteiger partial charge in [-0.2, -0.15) is 0 Å². The highest BCUT2D eigenvalue weighted by atomic mass is 79.9. The summed E-state index contributed by atoms with van der Waals surface area (Å²) in [5.41, 5.74) is 5.52. The number of halogens is 3. The fraction of sp³-hybridized carbons (Fsp3) is 0.300. The van der Waals surface area contributed by atoms with E-state index in [-0.39, 0.29) is 44.8 Å². The topological polar surface area (TPSA) is 153 Å². The maximum atomic E-state index is 12.9. The molecule has 0 fully saturated rings. The van der Waals surface area contributed by atoms with Gasteiger partial charge >= 0.3 is 0 Å². The Bertz CT molecular complexity index is 2550. The quantitative estimate of drug-likeness (QED) is 0.0800. The number of nitrogens with one attached hydrogen (secondary N) is 4. The molecule has 6 aromatic rings. The first-order valence-corrected chi connectivity index (χ1v) is 21.8. The van der Waals surface area contributed by atoms with Gasteiger partial charge in [0.05, 0.1) is 33.3 Å². The predicted molar refractivity (Wildman–Crippen MR) is 266 cm³/mol. The second-order valence-corrected chi connectivity index (χ2v) is 16.8. The molecule has 65 heavy (non-hydrogen) atoms. The zero-order chi connectivity index (χ0) is 45.8. The van der Waals surface area contributed by atoms with Crippen LogP contribution in [0.5, 0.6) is 11.5 Å². The van der Waals surface area contributed by atoms with Crippen molar-refractivity contribution in [1.82, 2.24) is 30.8 Å². The SMILES string of the molecule is C.C.CNC(=O)C(Cc1ccc(-c2nc3ccccc3n2C)cc1)NC(=O)c1ccc(OC(C)C)c(Cl)c1.CNC(=O)C(Cc1ccc(Br)cc1)NC(=O)c1ccc(OC(C)C)c(Cl)c1. The molecule has 346 valence electrons. The highest BCUT2D eigenvalue weighted by Crippen LogP contribution is 2.28. The third kappa shape index (κ3) is 14.8. The lowest BCUT2D eigenvalue weighted by Gasteiger charge is -2.18. The number of para-hydroxylation sites is 2. The Balaban J connectivity index is 0.000000349. The van der Waals surface area contributed by atoms with Gasteiger partial charge in [-0.1, -0.05) is 103 Å². The third-order valence-corrected chi connectivity index (χ3v) is 10.8. The fourth-order valence-corrected chi connectivity index (χ4v) is 7.23. The molecule has 4 N–H and O–H groups in total. The number of amides is 4. The van der Waals surface area contributed by atoms with Crippen LogP contribution < -0.4 is 30.7 Å². The number of carbonyl (C=O) groups is 4. The van der Waals surface area contributed by atoms with Crippen LogP contribution in [0.15, 0.2) is 114 Å². The molecule has 15 heteroatoms. The maximum absolute atomic E-state index is 12.9. The highest BCUT2D eigenvalue weighted by Gasteiger charge is 2.23. The molecular weight excluding hydrogens is 931 g/mol. The molecule has 0 spiro atoms. The van der Waals surface area contributed by atoms with E-state index < -0.39 is 18.0 Å². The number of nitrogens with zero attached hydrogens (tertiary/aromatic N) is 2. The molecule has 2 atom stereocenters. The highest BCUT2D eigenvalue weighted by molar-refractivity contribution is 9.10. The van der Waals surface area contributed by atoms with E-state index in [4.69, 9.17) is 37.7 Å². The van der Waals surface area contributed by atoms with Crippen molar-refractivity contribution in [2.45, 2.75) is 79.7 Å². The summed E-state index contributed by atoms with van der Waals surface area (Å²) >= 11 is 15.9. The van der Waals surface area contributed by atoms with E-state index in [2.05, 4.69) is 41.8 Å². The maximum Gasteiger partial charge on any atom is 0.251 e. The summed E-state index contributed by atoms with van der Waals surface area (Å²) in [4.78, 5) is 55.0. The summed E-state index contributed by atoms with van der Waals surface area (Å²) in [5.74, 6) is 0.566. The summed E-state index contributed by atoms with van der Waals surface area (Å²) < 4.78 is 14.2. The van der Waals surface area contributed by atoms with E-state index in [9.17, 15) is 19.2 Å². The lowest BCUT2D eigenvalue weighted by molar-refractivity contribution is -0.123. The van der Waals surface area contributed by atoms with Gasteiger partial charge in [-0.05, 0) is 99.5 Å². The van der Waals surface area contributed by atoms with Crippen LogP contribution >= 0.6 is 39.1 Å². The predicted octanol–water partition coefficient (Wildman–Crippen LogP) is 10.0. The minimum absolute atomic E-state index is 0. The first kappa shape index (κ1) is 53.4. The summed E-state index contributed by atoms with van der Waals surface area (Å²) in [7, 11) is 5.08. The van der Waals surface area contributed by atoms with Gasteiger partial charge in [0.15, 0.2) is 0 Å². The molecule has 0 aliphatic rings. The van der Waals surface area contributed by atoms with Crippen molar-refractivity contribution in [3.63, 3.8) is 0 Å².